The van der Waals surface area contributed by atoms with Crippen LogP contribution in [0.3, 0.4) is 0 Å². The van der Waals surface area contributed by atoms with E-state index >= 15 is 0 Å². The fraction of sp³-hybridized carbons (Fsp3) is 0.938. The number of morpholine rings is 1. The smallest absolute Gasteiger partial charge is 0.191 e. The van der Waals surface area contributed by atoms with Crippen LogP contribution in [-0.4, -0.2) is 76.6 Å². The number of aliphatic imine (C=N–C) groups is 1. The molecular weight excluding hydrogens is 280 g/mol. The molecule has 0 amide bonds. The second kappa shape index (κ2) is 11.7. The molecule has 2 N–H and O–H groups in total. The van der Waals surface area contributed by atoms with Gasteiger partial charge < -0.3 is 25.0 Å². The zero-order chi connectivity index (χ0) is 16.2. The topological polar surface area (TPSA) is 58.1 Å². The summed E-state index contributed by atoms with van der Waals surface area (Å²) in [4.78, 5) is 6.89. The number of hydrogen-bond acceptors (Lipinski definition) is 4. The number of nitrogens with one attached hydrogen (secondary N) is 2. The molecule has 1 unspecified atom stereocenters. The SMILES string of the molecule is CCNC(=NCC1CN(C)CCO1)NCCOCCC(C)C. The fourth-order valence-corrected chi connectivity index (χ4v) is 2.17. The highest BCUT2D eigenvalue weighted by atomic mass is 16.5. The molecule has 1 rings (SSSR count). The second-order valence-electron chi connectivity index (χ2n) is 6.20. The van der Waals surface area contributed by atoms with Crippen molar-refractivity contribution in [3.8, 4) is 0 Å². The first-order valence-corrected chi connectivity index (χ1v) is 8.51. The molecule has 130 valence electrons. The van der Waals surface area contributed by atoms with Gasteiger partial charge in [-0.15, -0.1) is 0 Å². The third kappa shape index (κ3) is 9.23. The fourth-order valence-electron chi connectivity index (χ4n) is 2.17. The van der Waals surface area contributed by atoms with Crippen molar-refractivity contribution in [3.05, 3.63) is 0 Å². The average Bonchev–Trinajstić information content (AvgIpc) is 2.48. The molecule has 0 aromatic heterocycles. The maximum atomic E-state index is 5.73. The Labute approximate surface area is 135 Å². The molecule has 6 heteroatoms. The van der Waals surface area contributed by atoms with E-state index in [1.54, 1.807) is 0 Å². The highest BCUT2D eigenvalue weighted by Gasteiger charge is 2.17. The summed E-state index contributed by atoms with van der Waals surface area (Å²) in [7, 11) is 2.12. The molecule has 0 aromatic carbocycles. The summed E-state index contributed by atoms with van der Waals surface area (Å²) in [6, 6.07) is 0. The van der Waals surface area contributed by atoms with Gasteiger partial charge in [-0.2, -0.15) is 0 Å². The summed E-state index contributed by atoms with van der Waals surface area (Å²) in [6.45, 7) is 13.1. The minimum atomic E-state index is 0.191. The average molecular weight is 314 g/mol. The van der Waals surface area contributed by atoms with Crippen LogP contribution in [0.15, 0.2) is 4.99 Å². The van der Waals surface area contributed by atoms with Gasteiger partial charge in [-0.3, -0.25) is 4.99 Å². The Balaban J connectivity index is 2.20. The summed E-state index contributed by atoms with van der Waals surface area (Å²) >= 11 is 0. The summed E-state index contributed by atoms with van der Waals surface area (Å²) in [5.74, 6) is 1.53. The van der Waals surface area contributed by atoms with Crippen LogP contribution in [0.4, 0.5) is 0 Å². The molecule has 1 saturated heterocycles. The van der Waals surface area contributed by atoms with Crippen molar-refractivity contribution >= 4 is 5.96 Å². The molecule has 22 heavy (non-hydrogen) atoms. The summed E-state index contributed by atoms with van der Waals surface area (Å²) < 4.78 is 11.3. The van der Waals surface area contributed by atoms with E-state index in [-0.39, 0.29) is 6.10 Å². The monoisotopic (exact) mass is 314 g/mol. The number of nitrogens with zero attached hydrogens (tertiary/aromatic N) is 2. The molecule has 0 spiro atoms. The van der Waals surface area contributed by atoms with Crippen molar-refractivity contribution in [1.29, 1.82) is 0 Å². The quantitative estimate of drug-likeness (QED) is 0.377. The first-order chi connectivity index (χ1) is 10.6. The Morgan fingerprint density at radius 3 is 2.86 bits per heavy atom. The lowest BCUT2D eigenvalue weighted by Gasteiger charge is -2.29. The standard InChI is InChI=1S/C16H34N4O2/c1-5-17-16(18-7-10-21-9-6-14(2)3)19-12-15-13-20(4)8-11-22-15/h14-15H,5-13H2,1-4H3,(H2,17,18,19). The molecule has 0 saturated carbocycles. The lowest BCUT2D eigenvalue weighted by molar-refractivity contribution is -0.0136. The molecule has 6 nitrogen and oxygen atoms in total. The largest absolute Gasteiger partial charge is 0.380 e. The highest BCUT2D eigenvalue weighted by Crippen LogP contribution is 2.03. The van der Waals surface area contributed by atoms with Gasteiger partial charge in [-0.1, -0.05) is 13.8 Å². The predicted octanol–water partition coefficient (Wildman–Crippen LogP) is 0.935. The normalized spacial score (nSPS) is 20.4. The number of ether oxygens (including phenoxy) is 2. The zero-order valence-corrected chi connectivity index (χ0v) is 14.7. The Hall–Kier alpha value is -0.850. The number of rotatable bonds is 9. The van der Waals surface area contributed by atoms with Crippen LogP contribution < -0.4 is 10.6 Å². The Morgan fingerprint density at radius 1 is 1.36 bits per heavy atom. The number of hydrogen-bond donors (Lipinski definition) is 2. The zero-order valence-electron chi connectivity index (χ0n) is 14.7. The van der Waals surface area contributed by atoms with Gasteiger partial charge in [-0.05, 0) is 26.3 Å². The van der Waals surface area contributed by atoms with E-state index in [0.29, 0.717) is 19.1 Å². The molecule has 1 fully saturated rings. The molecule has 1 aliphatic rings. The molecule has 0 aliphatic carbocycles. The Bertz CT molecular complexity index is 311. The number of likely N-dealkylation sites (N-methyl/N-ethyl adjacent to an activating group) is 1. The van der Waals surface area contributed by atoms with Crippen molar-refractivity contribution in [2.75, 3.05) is 59.6 Å². The van der Waals surface area contributed by atoms with Gasteiger partial charge >= 0.3 is 0 Å². The van der Waals surface area contributed by atoms with Gasteiger partial charge in [0.15, 0.2) is 5.96 Å². The van der Waals surface area contributed by atoms with Crippen LogP contribution in [0.25, 0.3) is 0 Å². The maximum absolute atomic E-state index is 5.73. The van der Waals surface area contributed by atoms with Gasteiger partial charge in [0.2, 0.25) is 0 Å². The van der Waals surface area contributed by atoms with E-state index in [4.69, 9.17) is 9.47 Å². The van der Waals surface area contributed by atoms with Crippen molar-refractivity contribution in [2.24, 2.45) is 10.9 Å². The van der Waals surface area contributed by atoms with Gasteiger partial charge in [0.25, 0.3) is 0 Å². The van der Waals surface area contributed by atoms with Crippen LogP contribution in [0.5, 0.6) is 0 Å². The maximum Gasteiger partial charge on any atom is 0.191 e. The Morgan fingerprint density at radius 2 is 2.18 bits per heavy atom. The Kier molecular flexibility index (Phi) is 10.2. The van der Waals surface area contributed by atoms with E-state index < -0.39 is 0 Å². The molecule has 1 heterocycles. The predicted molar refractivity (Wildman–Crippen MR) is 91.5 cm³/mol. The lowest BCUT2D eigenvalue weighted by Crippen LogP contribution is -2.43. The van der Waals surface area contributed by atoms with E-state index in [0.717, 1.165) is 51.8 Å². The summed E-state index contributed by atoms with van der Waals surface area (Å²) in [5.41, 5.74) is 0. The van der Waals surface area contributed by atoms with Crippen LogP contribution in [0.1, 0.15) is 27.2 Å². The molecule has 1 aliphatic heterocycles. The van der Waals surface area contributed by atoms with Crippen LogP contribution in [-0.2, 0) is 9.47 Å². The van der Waals surface area contributed by atoms with Crippen LogP contribution in [0, 0.1) is 5.92 Å². The molecular formula is C16H34N4O2. The van der Waals surface area contributed by atoms with Gasteiger partial charge in [-0.25, -0.2) is 0 Å². The van der Waals surface area contributed by atoms with Gasteiger partial charge in [0.05, 0.1) is 25.9 Å². The number of guanidine groups is 1. The first-order valence-electron chi connectivity index (χ1n) is 8.51. The van der Waals surface area contributed by atoms with Crippen molar-refractivity contribution in [1.82, 2.24) is 15.5 Å². The van der Waals surface area contributed by atoms with E-state index in [2.05, 4.69) is 48.3 Å². The van der Waals surface area contributed by atoms with E-state index in [9.17, 15) is 0 Å². The van der Waals surface area contributed by atoms with Crippen molar-refractivity contribution in [3.63, 3.8) is 0 Å². The van der Waals surface area contributed by atoms with Gasteiger partial charge in [0, 0.05) is 32.8 Å². The third-order valence-electron chi connectivity index (χ3n) is 3.52. The van der Waals surface area contributed by atoms with Crippen molar-refractivity contribution < 1.29 is 9.47 Å². The first kappa shape index (κ1) is 19.2. The van der Waals surface area contributed by atoms with Crippen LogP contribution in [0.2, 0.25) is 0 Å². The summed E-state index contributed by atoms with van der Waals surface area (Å²) in [6.07, 6.45) is 1.30. The molecule has 0 bridgehead atoms. The molecule has 0 aromatic rings. The molecule has 1 atom stereocenters. The van der Waals surface area contributed by atoms with E-state index in [1.165, 1.54) is 0 Å². The molecule has 0 radical (unpaired) electrons. The second-order valence-corrected chi connectivity index (χ2v) is 6.20. The van der Waals surface area contributed by atoms with E-state index in [1.807, 2.05) is 0 Å². The third-order valence-corrected chi connectivity index (χ3v) is 3.52. The van der Waals surface area contributed by atoms with Crippen LogP contribution >= 0.6 is 0 Å². The van der Waals surface area contributed by atoms with Gasteiger partial charge in [0.1, 0.15) is 0 Å². The minimum absolute atomic E-state index is 0.191. The lowest BCUT2D eigenvalue weighted by atomic mass is 10.1. The van der Waals surface area contributed by atoms with Crippen molar-refractivity contribution in [2.45, 2.75) is 33.3 Å². The summed E-state index contributed by atoms with van der Waals surface area (Å²) in [5, 5.41) is 6.56. The minimum Gasteiger partial charge on any atom is -0.380 e. The highest BCUT2D eigenvalue weighted by molar-refractivity contribution is 5.79.